The fraction of sp³-hybridized carbons (Fsp3) is 0.300. The lowest BCUT2D eigenvalue weighted by Crippen LogP contribution is -2.33. The number of methoxy groups -OCH3 is 1. The molecule has 1 heterocycles. The Morgan fingerprint density at radius 3 is 2.56 bits per heavy atom. The van der Waals surface area contributed by atoms with Crippen molar-refractivity contribution in [1.82, 2.24) is 9.03 Å². The zero-order chi connectivity index (χ0) is 23.1. The Balaban J connectivity index is 1.46. The summed E-state index contributed by atoms with van der Waals surface area (Å²) in [6.45, 7) is -0.766. The number of nitrogens with zero attached hydrogens (tertiary/aromatic N) is 1. The molecule has 12 heteroatoms. The number of sulfonamides is 2. The van der Waals surface area contributed by atoms with E-state index in [1.165, 1.54) is 37.4 Å². The largest absolute Gasteiger partial charge is 0.495 e. The number of benzene rings is 2. The summed E-state index contributed by atoms with van der Waals surface area (Å²) in [5, 5.41) is 0. The van der Waals surface area contributed by atoms with Crippen LogP contribution in [-0.4, -0.2) is 59.3 Å². The van der Waals surface area contributed by atoms with Crippen LogP contribution in [0.4, 0.5) is 0 Å². The molecule has 0 unspecified atom stereocenters. The van der Waals surface area contributed by atoms with Crippen molar-refractivity contribution in [3.05, 3.63) is 53.6 Å². The van der Waals surface area contributed by atoms with Crippen LogP contribution in [0.1, 0.15) is 33.6 Å². The van der Waals surface area contributed by atoms with Crippen molar-refractivity contribution in [2.75, 3.05) is 20.3 Å². The summed E-state index contributed by atoms with van der Waals surface area (Å²) < 4.78 is 63.6. The van der Waals surface area contributed by atoms with Crippen LogP contribution < -0.4 is 9.46 Å². The second-order valence-corrected chi connectivity index (χ2v) is 10.8. The monoisotopic (exact) mass is 480 g/mol. The van der Waals surface area contributed by atoms with Gasteiger partial charge in [-0.1, -0.05) is 12.1 Å². The van der Waals surface area contributed by atoms with E-state index in [4.69, 9.17) is 9.47 Å². The van der Waals surface area contributed by atoms with Crippen LogP contribution in [0.2, 0.25) is 0 Å². The first-order chi connectivity index (χ1) is 15.1. The Hall–Kier alpha value is -2.96. The smallest absolute Gasteiger partial charge is 0.338 e. The van der Waals surface area contributed by atoms with Crippen LogP contribution in [0.25, 0.3) is 0 Å². The Kier molecular flexibility index (Phi) is 5.69. The van der Waals surface area contributed by atoms with E-state index in [2.05, 4.69) is 4.72 Å². The maximum Gasteiger partial charge on any atom is 0.338 e. The zero-order valence-corrected chi connectivity index (χ0v) is 18.6. The van der Waals surface area contributed by atoms with Crippen molar-refractivity contribution in [2.24, 2.45) is 0 Å². The van der Waals surface area contributed by atoms with Gasteiger partial charge in [0.1, 0.15) is 22.1 Å². The van der Waals surface area contributed by atoms with Crippen LogP contribution in [0, 0.1) is 0 Å². The third-order valence-electron chi connectivity index (χ3n) is 5.03. The van der Waals surface area contributed by atoms with Gasteiger partial charge in [-0.3, -0.25) is 4.79 Å². The highest BCUT2D eigenvalue weighted by molar-refractivity contribution is 7.90. The molecule has 170 valence electrons. The standard InChI is InChI=1S/C20H20N2O8S2/c1-29-16-9-6-13(12-18(16)31(25,26)21-14-7-8-14)20(24)30-11-10-22-19(23)15-4-2-3-5-17(15)32(22,27)28/h2-6,9,12,14,21H,7-8,10-11H2,1H3. The molecule has 0 saturated heterocycles. The molecule has 0 radical (unpaired) electrons. The van der Waals surface area contributed by atoms with E-state index in [0.717, 1.165) is 18.9 Å². The lowest BCUT2D eigenvalue weighted by molar-refractivity contribution is 0.0477. The van der Waals surface area contributed by atoms with Gasteiger partial charge in [0.25, 0.3) is 15.9 Å². The fourth-order valence-corrected chi connectivity index (χ4v) is 6.31. The third kappa shape index (κ3) is 4.08. The Bertz CT molecular complexity index is 1300. The van der Waals surface area contributed by atoms with E-state index >= 15 is 0 Å². The lowest BCUT2D eigenvalue weighted by atomic mass is 10.2. The second-order valence-electron chi connectivity index (χ2n) is 7.28. The highest BCUT2D eigenvalue weighted by Gasteiger charge is 2.40. The SMILES string of the molecule is COc1ccc(C(=O)OCCN2C(=O)c3ccccc3S2(=O)=O)cc1S(=O)(=O)NC1CC1. The number of fused-ring (bicyclic) bond motifs is 1. The summed E-state index contributed by atoms with van der Waals surface area (Å²) in [5.41, 5.74) is 0.00727. The molecule has 2 aromatic rings. The molecule has 1 saturated carbocycles. The van der Waals surface area contributed by atoms with Gasteiger partial charge in [-0.2, -0.15) is 0 Å². The highest BCUT2D eigenvalue weighted by atomic mass is 32.2. The van der Waals surface area contributed by atoms with Gasteiger partial charge in [0.15, 0.2) is 0 Å². The first kappa shape index (κ1) is 22.2. The number of ether oxygens (including phenoxy) is 2. The van der Waals surface area contributed by atoms with Crippen LogP contribution in [0.5, 0.6) is 5.75 Å². The summed E-state index contributed by atoms with van der Waals surface area (Å²) >= 11 is 0. The Labute approximate surface area is 185 Å². The van der Waals surface area contributed by atoms with Gasteiger partial charge in [0.05, 0.1) is 24.8 Å². The maximum absolute atomic E-state index is 12.6. The summed E-state index contributed by atoms with van der Waals surface area (Å²) in [6, 6.07) is 9.50. The van der Waals surface area contributed by atoms with Crippen LogP contribution in [0.15, 0.2) is 52.3 Å². The van der Waals surface area contributed by atoms with E-state index in [-0.39, 0.29) is 39.3 Å². The van der Waals surface area contributed by atoms with Crippen LogP contribution in [0.3, 0.4) is 0 Å². The third-order valence-corrected chi connectivity index (χ3v) is 8.41. The van der Waals surface area contributed by atoms with Gasteiger partial charge in [-0.25, -0.2) is 30.7 Å². The molecule has 0 aromatic heterocycles. The molecule has 1 N–H and O–H groups in total. The number of rotatable bonds is 8. The summed E-state index contributed by atoms with van der Waals surface area (Å²) in [4.78, 5) is 24.6. The van der Waals surface area contributed by atoms with Crippen molar-refractivity contribution in [3.63, 3.8) is 0 Å². The fourth-order valence-electron chi connectivity index (χ4n) is 3.25. The molecule has 2 aliphatic rings. The number of hydrogen-bond acceptors (Lipinski definition) is 8. The van der Waals surface area contributed by atoms with E-state index in [9.17, 15) is 26.4 Å². The molecule has 0 spiro atoms. The minimum absolute atomic E-state index is 0.0548. The predicted molar refractivity (Wildman–Crippen MR) is 111 cm³/mol. The van der Waals surface area contributed by atoms with Crippen molar-refractivity contribution >= 4 is 31.9 Å². The molecule has 0 atom stereocenters. The number of carbonyl (C=O) groups excluding carboxylic acids is 2. The summed E-state index contributed by atoms with van der Waals surface area (Å²) in [5.74, 6) is -1.49. The summed E-state index contributed by atoms with van der Waals surface area (Å²) in [6.07, 6.45) is 1.48. The molecule has 4 rings (SSSR count). The quantitative estimate of drug-likeness (QED) is 0.556. The molecule has 1 aliphatic heterocycles. The topological polar surface area (TPSA) is 136 Å². The molecule has 1 amide bonds. The van der Waals surface area contributed by atoms with Gasteiger partial charge >= 0.3 is 5.97 Å². The Morgan fingerprint density at radius 1 is 1.19 bits per heavy atom. The van der Waals surface area contributed by atoms with Gasteiger partial charge in [0.2, 0.25) is 10.0 Å². The van der Waals surface area contributed by atoms with Crippen molar-refractivity contribution in [3.8, 4) is 5.75 Å². The molecule has 1 aliphatic carbocycles. The molecule has 2 aromatic carbocycles. The van der Waals surface area contributed by atoms with E-state index in [1.807, 2.05) is 0 Å². The Morgan fingerprint density at radius 2 is 1.91 bits per heavy atom. The van der Waals surface area contributed by atoms with Crippen molar-refractivity contribution in [2.45, 2.75) is 28.7 Å². The van der Waals surface area contributed by atoms with Gasteiger partial charge < -0.3 is 9.47 Å². The molecule has 1 fully saturated rings. The lowest BCUT2D eigenvalue weighted by Gasteiger charge is -2.15. The average molecular weight is 481 g/mol. The summed E-state index contributed by atoms with van der Waals surface area (Å²) in [7, 11) is -6.59. The normalized spacial score (nSPS) is 17.2. The van der Waals surface area contributed by atoms with Crippen LogP contribution in [-0.2, 0) is 24.8 Å². The maximum atomic E-state index is 12.6. The first-order valence-electron chi connectivity index (χ1n) is 9.69. The van der Waals surface area contributed by atoms with Gasteiger partial charge in [-0.15, -0.1) is 0 Å². The van der Waals surface area contributed by atoms with Crippen molar-refractivity contribution in [1.29, 1.82) is 0 Å². The molecule has 32 heavy (non-hydrogen) atoms. The average Bonchev–Trinajstić information content (AvgIpc) is 3.55. The second kappa shape index (κ2) is 8.19. The van der Waals surface area contributed by atoms with Gasteiger partial charge in [0, 0.05) is 6.04 Å². The molecule has 0 bridgehead atoms. The van der Waals surface area contributed by atoms with Crippen molar-refractivity contribution < 1.29 is 35.9 Å². The first-order valence-corrected chi connectivity index (χ1v) is 12.6. The molecule has 10 nitrogen and oxygen atoms in total. The number of esters is 1. The zero-order valence-electron chi connectivity index (χ0n) is 17.0. The van der Waals surface area contributed by atoms with E-state index in [0.29, 0.717) is 4.31 Å². The number of carbonyl (C=O) groups is 2. The van der Waals surface area contributed by atoms with E-state index in [1.54, 1.807) is 6.07 Å². The van der Waals surface area contributed by atoms with Crippen LogP contribution >= 0.6 is 0 Å². The number of hydrogen-bond donors (Lipinski definition) is 1. The van der Waals surface area contributed by atoms with E-state index < -0.39 is 38.5 Å². The molecular formula is C20H20N2O8S2. The van der Waals surface area contributed by atoms with Gasteiger partial charge in [-0.05, 0) is 43.2 Å². The number of nitrogens with one attached hydrogen (secondary N) is 1. The minimum atomic E-state index is -4.01. The molecular weight excluding hydrogens is 460 g/mol. The predicted octanol–water partition coefficient (Wildman–Crippen LogP) is 1.14. The minimum Gasteiger partial charge on any atom is -0.495 e. The highest BCUT2D eigenvalue weighted by Crippen LogP contribution is 2.30. The number of amides is 1.